The fourth-order valence-electron chi connectivity index (χ4n) is 3.62. The van der Waals surface area contributed by atoms with E-state index >= 15 is 0 Å². The molecule has 1 aliphatic heterocycles. The predicted molar refractivity (Wildman–Crippen MR) is 93.1 cm³/mol. The molecule has 0 amide bonds. The van der Waals surface area contributed by atoms with Gasteiger partial charge in [-0.1, -0.05) is 0 Å². The van der Waals surface area contributed by atoms with Crippen LogP contribution in [0.25, 0.3) is 10.9 Å². The van der Waals surface area contributed by atoms with Crippen molar-refractivity contribution in [3.63, 3.8) is 0 Å². The zero-order valence-electron chi connectivity index (χ0n) is 14.0. The standard InChI is InChI=1S/C18H20FN3O3/c1-20-10-4-5-21(8-10)16-7-15-12(6-14(16)19)17(23)13(18(24)25)9-22(15)11-2-3-11/h6-7,9-11,20H,2-5,8H2,1H3,(H,24,25). The summed E-state index contributed by atoms with van der Waals surface area (Å²) in [5.41, 5.74) is 0.159. The number of aromatic nitrogens is 1. The van der Waals surface area contributed by atoms with Crippen molar-refractivity contribution in [2.75, 3.05) is 25.0 Å². The van der Waals surface area contributed by atoms with E-state index in [9.17, 15) is 19.1 Å². The number of hydrogen-bond acceptors (Lipinski definition) is 4. The molecule has 1 aromatic heterocycles. The maximum atomic E-state index is 14.7. The third-order valence-corrected chi connectivity index (χ3v) is 5.21. The topological polar surface area (TPSA) is 74.6 Å². The van der Waals surface area contributed by atoms with Crippen LogP contribution in [0, 0.1) is 5.82 Å². The number of carboxylic acids is 1. The van der Waals surface area contributed by atoms with E-state index in [0.29, 0.717) is 23.8 Å². The molecule has 1 aliphatic carbocycles. The molecule has 7 heteroatoms. The van der Waals surface area contributed by atoms with Gasteiger partial charge in [-0.25, -0.2) is 9.18 Å². The first-order valence-electron chi connectivity index (χ1n) is 8.53. The maximum Gasteiger partial charge on any atom is 0.341 e. The van der Waals surface area contributed by atoms with Crippen molar-refractivity contribution in [2.24, 2.45) is 0 Å². The summed E-state index contributed by atoms with van der Waals surface area (Å²) >= 11 is 0. The number of pyridine rings is 1. The Morgan fingerprint density at radius 3 is 2.68 bits per heavy atom. The summed E-state index contributed by atoms with van der Waals surface area (Å²) in [4.78, 5) is 25.8. The molecule has 2 aliphatic rings. The van der Waals surface area contributed by atoms with Gasteiger partial charge in [0.1, 0.15) is 11.4 Å². The molecule has 0 spiro atoms. The number of aromatic carboxylic acids is 1. The molecule has 132 valence electrons. The van der Waals surface area contributed by atoms with Gasteiger partial charge in [0.25, 0.3) is 0 Å². The van der Waals surface area contributed by atoms with Gasteiger partial charge in [-0.2, -0.15) is 0 Å². The lowest BCUT2D eigenvalue weighted by Gasteiger charge is -2.21. The van der Waals surface area contributed by atoms with Crippen LogP contribution in [0.15, 0.2) is 23.1 Å². The van der Waals surface area contributed by atoms with E-state index in [1.54, 1.807) is 6.07 Å². The number of benzene rings is 1. The number of halogens is 1. The summed E-state index contributed by atoms with van der Waals surface area (Å²) in [6, 6.07) is 3.40. The van der Waals surface area contributed by atoms with Crippen molar-refractivity contribution < 1.29 is 14.3 Å². The Morgan fingerprint density at radius 1 is 1.32 bits per heavy atom. The minimum Gasteiger partial charge on any atom is -0.477 e. The normalized spacial score (nSPS) is 20.4. The molecule has 2 aromatic rings. The highest BCUT2D eigenvalue weighted by atomic mass is 19.1. The number of nitrogens with zero attached hydrogens (tertiary/aromatic N) is 2. The number of carbonyl (C=O) groups is 1. The van der Waals surface area contributed by atoms with Crippen LogP contribution in [0.5, 0.6) is 0 Å². The highest BCUT2D eigenvalue weighted by Crippen LogP contribution is 2.38. The van der Waals surface area contributed by atoms with Crippen LogP contribution in [0.4, 0.5) is 10.1 Å². The highest BCUT2D eigenvalue weighted by molar-refractivity contribution is 5.93. The van der Waals surface area contributed by atoms with E-state index in [0.717, 1.165) is 25.8 Å². The minimum absolute atomic E-state index is 0.136. The second kappa shape index (κ2) is 5.84. The van der Waals surface area contributed by atoms with Crippen LogP contribution in [-0.2, 0) is 0 Å². The molecule has 1 unspecified atom stereocenters. The van der Waals surface area contributed by atoms with Crippen LogP contribution >= 0.6 is 0 Å². The van der Waals surface area contributed by atoms with Gasteiger partial charge in [0.2, 0.25) is 5.43 Å². The molecule has 1 saturated heterocycles. The van der Waals surface area contributed by atoms with Gasteiger partial charge in [-0.15, -0.1) is 0 Å². The number of nitrogens with one attached hydrogen (secondary N) is 1. The van der Waals surface area contributed by atoms with Gasteiger partial charge in [0, 0.05) is 36.8 Å². The third kappa shape index (κ3) is 2.68. The molecule has 6 nitrogen and oxygen atoms in total. The quantitative estimate of drug-likeness (QED) is 0.886. The SMILES string of the molecule is CNC1CCN(c2cc3c(cc2F)c(=O)c(C(=O)O)cn3C2CC2)C1. The second-order valence-corrected chi connectivity index (χ2v) is 6.86. The first-order chi connectivity index (χ1) is 12.0. The van der Waals surface area contributed by atoms with Crippen LogP contribution in [-0.4, -0.2) is 41.8 Å². The second-order valence-electron chi connectivity index (χ2n) is 6.86. The van der Waals surface area contributed by atoms with Gasteiger partial charge < -0.3 is 19.9 Å². The van der Waals surface area contributed by atoms with Crippen LogP contribution in [0.1, 0.15) is 35.7 Å². The first-order valence-corrected chi connectivity index (χ1v) is 8.53. The molecule has 1 atom stereocenters. The van der Waals surface area contributed by atoms with Crippen LogP contribution in [0.3, 0.4) is 0 Å². The Morgan fingerprint density at radius 2 is 2.08 bits per heavy atom. The number of hydrogen-bond donors (Lipinski definition) is 2. The Kier molecular flexibility index (Phi) is 3.76. The molecular formula is C18H20FN3O3. The molecule has 2 fully saturated rings. The number of anilines is 1. The summed E-state index contributed by atoms with van der Waals surface area (Å²) in [7, 11) is 1.89. The monoisotopic (exact) mass is 345 g/mol. The van der Waals surface area contributed by atoms with E-state index in [1.165, 1.54) is 12.3 Å². The first kappa shape index (κ1) is 16.1. The predicted octanol–water partition coefficient (Wildman–Crippen LogP) is 1.97. The Bertz CT molecular complexity index is 920. The van der Waals surface area contributed by atoms with E-state index < -0.39 is 17.2 Å². The molecule has 0 radical (unpaired) electrons. The zero-order valence-corrected chi connectivity index (χ0v) is 14.0. The molecule has 0 bridgehead atoms. The van der Waals surface area contributed by atoms with Crippen LogP contribution < -0.4 is 15.6 Å². The summed E-state index contributed by atoms with van der Waals surface area (Å²) < 4.78 is 16.5. The Balaban J connectivity index is 1.90. The largest absolute Gasteiger partial charge is 0.477 e. The average molecular weight is 345 g/mol. The zero-order chi connectivity index (χ0) is 17.7. The summed E-state index contributed by atoms with van der Waals surface area (Å²) in [5, 5.41) is 12.6. The molecular weight excluding hydrogens is 325 g/mol. The fraction of sp³-hybridized carbons (Fsp3) is 0.444. The minimum atomic E-state index is -1.28. The van der Waals surface area contributed by atoms with Gasteiger partial charge in [-0.05, 0) is 38.4 Å². The van der Waals surface area contributed by atoms with Gasteiger partial charge in [-0.3, -0.25) is 4.79 Å². The van der Waals surface area contributed by atoms with Crippen LogP contribution in [0.2, 0.25) is 0 Å². The van der Waals surface area contributed by atoms with Gasteiger partial charge in [0.15, 0.2) is 0 Å². The molecule has 4 rings (SSSR count). The molecule has 2 heterocycles. The van der Waals surface area contributed by atoms with E-state index in [1.807, 2.05) is 16.5 Å². The number of carboxylic acid groups (broad SMARTS) is 1. The number of likely N-dealkylation sites (N-methyl/N-ethyl adjacent to an activating group) is 1. The molecule has 1 aromatic carbocycles. The van der Waals surface area contributed by atoms with Crippen molar-refractivity contribution in [2.45, 2.75) is 31.3 Å². The molecule has 25 heavy (non-hydrogen) atoms. The molecule has 1 saturated carbocycles. The van der Waals surface area contributed by atoms with Gasteiger partial charge >= 0.3 is 5.97 Å². The lowest BCUT2D eigenvalue weighted by molar-refractivity contribution is 0.0695. The number of rotatable bonds is 4. The maximum absolute atomic E-state index is 14.7. The van der Waals surface area contributed by atoms with Crippen molar-refractivity contribution in [3.8, 4) is 0 Å². The van der Waals surface area contributed by atoms with Gasteiger partial charge in [0.05, 0.1) is 11.2 Å². The van der Waals surface area contributed by atoms with Crippen molar-refractivity contribution in [1.82, 2.24) is 9.88 Å². The summed E-state index contributed by atoms with van der Waals surface area (Å²) in [6.07, 6.45) is 4.22. The average Bonchev–Trinajstić information content (AvgIpc) is 3.31. The summed E-state index contributed by atoms with van der Waals surface area (Å²) in [6.45, 7) is 1.45. The van der Waals surface area contributed by atoms with E-state index in [-0.39, 0.29) is 17.0 Å². The van der Waals surface area contributed by atoms with Crippen molar-refractivity contribution >= 4 is 22.6 Å². The summed E-state index contributed by atoms with van der Waals surface area (Å²) in [5.74, 6) is -1.76. The number of fused-ring (bicyclic) bond motifs is 1. The smallest absolute Gasteiger partial charge is 0.341 e. The van der Waals surface area contributed by atoms with E-state index in [2.05, 4.69) is 5.32 Å². The van der Waals surface area contributed by atoms with E-state index in [4.69, 9.17) is 0 Å². The van der Waals surface area contributed by atoms with Crippen molar-refractivity contribution in [3.05, 3.63) is 39.9 Å². The van der Waals surface area contributed by atoms with Crippen molar-refractivity contribution in [1.29, 1.82) is 0 Å². The third-order valence-electron chi connectivity index (χ3n) is 5.21. The lowest BCUT2D eigenvalue weighted by Crippen LogP contribution is -2.30. The fourth-order valence-corrected chi connectivity index (χ4v) is 3.62. The lowest BCUT2D eigenvalue weighted by atomic mass is 10.1. The highest BCUT2D eigenvalue weighted by Gasteiger charge is 2.29. The molecule has 2 N–H and O–H groups in total. The Hall–Kier alpha value is -2.41. The Labute approximate surface area is 143 Å².